The lowest BCUT2D eigenvalue weighted by Crippen LogP contribution is -2.05. The Labute approximate surface area is 100 Å². The Kier molecular flexibility index (Phi) is 4.70. The predicted octanol–water partition coefficient (Wildman–Crippen LogP) is 1.59. The van der Waals surface area contributed by atoms with Gasteiger partial charge in [0, 0.05) is 18.2 Å². The SMILES string of the molecule is CS(=O)(=O)CCCC(O)c1ccnc(Cl)c1. The first-order valence-corrected chi connectivity index (χ1v) is 7.29. The summed E-state index contributed by atoms with van der Waals surface area (Å²) in [4.78, 5) is 3.80. The lowest BCUT2D eigenvalue weighted by molar-refractivity contribution is 0.166. The summed E-state index contributed by atoms with van der Waals surface area (Å²) in [6.45, 7) is 0. The van der Waals surface area contributed by atoms with Crippen LogP contribution in [-0.4, -0.2) is 30.5 Å². The van der Waals surface area contributed by atoms with Gasteiger partial charge in [-0.05, 0) is 30.5 Å². The molecule has 0 fully saturated rings. The van der Waals surface area contributed by atoms with Crippen molar-refractivity contribution in [2.75, 3.05) is 12.0 Å². The Morgan fingerprint density at radius 3 is 2.81 bits per heavy atom. The molecule has 6 heteroatoms. The van der Waals surface area contributed by atoms with Crippen molar-refractivity contribution in [3.63, 3.8) is 0 Å². The van der Waals surface area contributed by atoms with E-state index in [1.165, 1.54) is 12.5 Å². The van der Waals surface area contributed by atoms with Crippen LogP contribution in [0.3, 0.4) is 0 Å². The van der Waals surface area contributed by atoms with Crippen molar-refractivity contribution in [3.8, 4) is 0 Å². The molecule has 1 unspecified atom stereocenters. The summed E-state index contributed by atoms with van der Waals surface area (Å²) in [5.74, 6) is 0.0862. The fourth-order valence-electron chi connectivity index (χ4n) is 1.33. The zero-order chi connectivity index (χ0) is 12.2. The molecule has 0 saturated carbocycles. The fourth-order valence-corrected chi connectivity index (χ4v) is 2.20. The van der Waals surface area contributed by atoms with Gasteiger partial charge in [0.1, 0.15) is 15.0 Å². The molecule has 0 radical (unpaired) electrons. The number of aliphatic hydroxyl groups excluding tert-OH is 1. The highest BCUT2D eigenvalue weighted by Crippen LogP contribution is 2.20. The third-order valence-corrected chi connectivity index (χ3v) is 3.37. The topological polar surface area (TPSA) is 67.3 Å². The molecule has 1 N–H and O–H groups in total. The molecular weight excluding hydrogens is 250 g/mol. The van der Waals surface area contributed by atoms with E-state index in [4.69, 9.17) is 11.6 Å². The van der Waals surface area contributed by atoms with Crippen molar-refractivity contribution in [2.24, 2.45) is 0 Å². The number of hydrogen-bond donors (Lipinski definition) is 1. The molecule has 1 aromatic rings. The van der Waals surface area contributed by atoms with Crippen molar-refractivity contribution in [3.05, 3.63) is 29.0 Å². The molecule has 0 aliphatic rings. The monoisotopic (exact) mass is 263 g/mol. The van der Waals surface area contributed by atoms with Crippen LogP contribution in [0.4, 0.5) is 0 Å². The van der Waals surface area contributed by atoms with E-state index in [0.29, 0.717) is 23.6 Å². The van der Waals surface area contributed by atoms with E-state index in [9.17, 15) is 13.5 Å². The summed E-state index contributed by atoms with van der Waals surface area (Å²) in [5, 5.41) is 10.1. The van der Waals surface area contributed by atoms with Crippen LogP contribution in [0.25, 0.3) is 0 Å². The number of halogens is 1. The van der Waals surface area contributed by atoms with E-state index in [2.05, 4.69) is 4.98 Å². The van der Waals surface area contributed by atoms with Crippen molar-refractivity contribution >= 4 is 21.4 Å². The maximum atomic E-state index is 10.9. The summed E-state index contributed by atoms with van der Waals surface area (Å²) in [6.07, 6.45) is 2.83. The number of nitrogens with zero attached hydrogens (tertiary/aromatic N) is 1. The smallest absolute Gasteiger partial charge is 0.147 e. The second-order valence-electron chi connectivity index (χ2n) is 3.70. The van der Waals surface area contributed by atoms with Crippen LogP contribution in [0.2, 0.25) is 5.15 Å². The van der Waals surface area contributed by atoms with E-state index in [1.54, 1.807) is 12.1 Å². The average Bonchev–Trinajstić information content (AvgIpc) is 2.15. The van der Waals surface area contributed by atoms with Crippen LogP contribution < -0.4 is 0 Å². The third kappa shape index (κ3) is 4.92. The third-order valence-electron chi connectivity index (χ3n) is 2.13. The predicted molar refractivity (Wildman–Crippen MR) is 63.2 cm³/mol. The lowest BCUT2D eigenvalue weighted by Gasteiger charge is -2.10. The van der Waals surface area contributed by atoms with Gasteiger partial charge < -0.3 is 5.11 Å². The Hall–Kier alpha value is -0.650. The highest BCUT2D eigenvalue weighted by Gasteiger charge is 2.10. The van der Waals surface area contributed by atoms with Crippen LogP contribution >= 0.6 is 11.6 Å². The molecule has 0 aromatic carbocycles. The Morgan fingerprint density at radius 2 is 2.25 bits per heavy atom. The number of pyridine rings is 1. The van der Waals surface area contributed by atoms with E-state index in [0.717, 1.165) is 0 Å². The summed E-state index contributed by atoms with van der Waals surface area (Å²) >= 11 is 5.68. The molecule has 90 valence electrons. The number of rotatable bonds is 5. The second-order valence-corrected chi connectivity index (χ2v) is 6.35. The Balaban J connectivity index is 2.50. The maximum Gasteiger partial charge on any atom is 0.147 e. The molecule has 0 aliphatic carbocycles. The first kappa shape index (κ1) is 13.4. The standard InChI is InChI=1S/C10H14ClNO3S/c1-16(14,15)6-2-3-9(13)8-4-5-12-10(11)7-8/h4-5,7,9,13H,2-3,6H2,1H3. The number of sulfone groups is 1. The second kappa shape index (κ2) is 5.61. The lowest BCUT2D eigenvalue weighted by atomic mass is 10.1. The van der Waals surface area contributed by atoms with Crippen molar-refractivity contribution in [1.29, 1.82) is 0 Å². The largest absolute Gasteiger partial charge is 0.388 e. The summed E-state index contributed by atoms with van der Waals surface area (Å²) in [7, 11) is -2.96. The molecule has 0 saturated heterocycles. The molecule has 0 bridgehead atoms. The average molecular weight is 264 g/mol. The molecular formula is C10H14ClNO3S. The zero-order valence-electron chi connectivity index (χ0n) is 8.93. The van der Waals surface area contributed by atoms with E-state index in [1.807, 2.05) is 0 Å². The van der Waals surface area contributed by atoms with E-state index >= 15 is 0 Å². The van der Waals surface area contributed by atoms with Crippen LogP contribution in [0.15, 0.2) is 18.3 Å². The van der Waals surface area contributed by atoms with E-state index in [-0.39, 0.29) is 5.75 Å². The highest BCUT2D eigenvalue weighted by atomic mass is 35.5. The molecule has 0 amide bonds. The van der Waals surface area contributed by atoms with Crippen molar-refractivity contribution in [2.45, 2.75) is 18.9 Å². The van der Waals surface area contributed by atoms with Gasteiger partial charge in [-0.1, -0.05) is 11.6 Å². The van der Waals surface area contributed by atoms with Crippen LogP contribution in [0.1, 0.15) is 24.5 Å². The number of aromatic nitrogens is 1. The zero-order valence-corrected chi connectivity index (χ0v) is 10.5. The minimum absolute atomic E-state index is 0.0862. The van der Waals surface area contributed by atoms with Gasteiger partial charge in [0.2, 0.25) is 0 Å². The van der Waals surface area contributed by atoms with Gasteiger partial charge in [-0.2, -0.15) is 0 Å². The van der Waals surface area contributed by atoms with Gasteiger partial charge in [-0.15, -0.1) is 0 Å². The van der Waals surface area contributed by atoms with Gasteiger partial charge in [0.15, 0.2) is 0 Å². The molecule has 0 spiro atoms. The first-order chi connectivity index (χ1) is 7.38. The Bertz CT molecular complexity index is 447. The van der Waals surface area contributed by atoms with Crippen LogP contribution in [0, 0.1) is 0 Å². The van der Waals surface area contributed by atoms with E-state index < -0.39 is 15.9 Å². The number of hydrogen-bond acceptors (Lipinski definition) is 4. The van der Waals surface area contributed by atoms with Crippen molar-refractivity contribution < 1.29 is 13.5 Å². The Morgan fingerprint density at radius 1 is 1.56 bits per heavy atom. The van der Waals surface area contributed by atoms with Crippen LogP contribution in [-0.2, 0) is 9.84 Å². The maximum absolute atomic E-state index is 10.9. The van der Waals surface area contributed by atoms with Gasteiger partial charge in [0.05, 0.1) is 6.10 Å². The number of aliphatic hydroxyl groups is 1. The quantitative estimate of drug-likeness (QED) is 0.820. The highest BCUT2D eigenvalue weighted by molar-refractivity contribution is 7.90. The van der Waals surface area contributed by atoms with Gasteiger partial charge in [0.25, 0.3) is 0 Å². The fraction of sp³-hybridized carbons (Fsp3) is 0.500. The van der Waals surface area contributed by atoms with Gasteiger partial charge in [-0.3, -0.25) is 0 Å². The minimum atomic E-state index is -2.96. The summed E-state index contributed by atoms with van der Waals surface area (Å²) in [5.41, 5.74) is 0.661. The van der Waals surface area contributed by atoms with Gasteiger partial charge >= 0.3 is 0 Å². The summed E-state index contributed by atoms with van der Waals surface area (Å²) in [6, 6.07) is 3.24. The first-order valence-electron chi connectivity index (χ1n) is 4.86. The van der Waals surface area contributed by atoms with Gasteiger partial charge in [-0.25, -0.2) is 13.4 Å². The molecule has 1 atom stereocenters. The molecule has 1 heterocycles. The molecule has 16 heavy (non-hydrogen) atoms. The summed E-state index contributed by atoms with van der Waals surface area (Å²) < 4.78 is 21.8. The molecule has 1 rings (SSSR count). The molecule has 4 nitrogen and oxygen atoms in total. The molecule has 1 aromatic heterocycles. The normalized spacial score (nSPS) is 13.7. The van der Waals surface area contributed by atoms with Crippen LogP contribution in [0.5, 0.6) is 0 Å². The minimum Gasteiger partial charge on any atom is -0.388 e. The van der Waals surface area contributed by atoms with Crippen molar-refractivity contribution in [1.82, 2.24) is 4.98 Å². The molecule has 0 aliphatic heterocycles.